The molecular weight excluding hydrogens is 341 g/mol. The van der Waals surface area contributed by atoms with Crippen molar-refractivity contribution in [1.82, 2.24) is 15.6 Å². The standard InChI is InChI=1S/C15H17N3OS.2ClH/c19-14(18-12-7-4-8-16-9-12)13-10-17-15(20-13)11-5-2-1-3-6-11;;/h1-3,5-6,10,12,16H,4,7-9H2,(H,18,19);2*1H. The minimum Gasteiger partial charge on any atom is -0.347 e. The smallest absolute Gasteiger partial charge is 0.263 e. The topological polar surface area (TPSA) is 54.0 Å². The molecule has 1 aliphatic rings. The second kappa shape index (κ2) is 9.10. The van der Waals surface area contributed by atoms with E-state index in [9.17, 15) is 4.79 Å². The number of nitrogens with one attached hydrogen (secondary N) is 2. The van der Waals surface area contributed by atoms with Crippen LogP contribution in [0.1, 0.15) is 22.5 Å². The van der Waals surface area contributed by atoms with Gasteiger partial charge in [0.15, 0.2) is 0 Å². The Bertz CT molecular complexity index is 585. The Balaban J connectivity index is 0.00000121. The molecule has 0 spiro atoms. The highest BCUT2D eigenvalue weighted by Gasteiger charge is 2.18. The maximum absolute atomic E-state index is 12.2. The van der Waals surface area contributed by atoms with E-state index in [0.717, 1.165) is 36.5 Å². The fourth-order valence-corrected chi connectivity index (χ4v) is 3.15. The van der Waals surface area contributed by atoms with Gasteiger partial charge in [0.1, 0.15) is 9.88 Å². The molecular formula is C15H19Cl2N3OS. The first-order valence-corrected chi connectivity index (χ1v) is 7.67. The van der Waals surface area contributed by atoms with E-state index < -0.39 is 0 Å². The lowest BCUT2D eigenvalue weighted by molar-refractivity contribution is 0.0934. The number of halogens is 2. The van der Waals surface area contributed by atoms with Crippen molar-refractivity contribution < 1.29 is 4.79 Å². The normalized spacial score (nSPS) is 17.0. The third-order valence-electron chi connectivity index (χ3n) is 3.38. The van der Waals surface area contributed by atoms with Crippen LogP contribution in [-0.4, -0.2) is 30.0 Å². The number of piperidine rings is 1. The van der Waals surface area contributed by atoms with Gasteiger partial charge in [-0.15, -0.1) is 36.2 Å². The Labute approximate surface area is 146 Å². The summed E-state index contributed by atoms with van der Waals surface area (Å²) in [5.41, 5.74) is 1.05. The molecule has 2 heterocycles. The number of hydrogen-bond acceptors (Lipinski definition) is 4. The number of amides is 1. The van der Waals surface area contributed by atoms with Gasteiger partial charge in [0.25, 0.3) is 5.91 Å². The first-order chi connectivity index (χ1) is 9.83. The lowest BCUT2D eigenvalue weighted by Crippen LogP contribution is -2.45. The average molecular weight is 360 g/mol. The van der Waals surface area contributed by atoms with Crippen LogP contribution >= 0.6 is 36.2 Å². The van der Waals surface area contributed by atoms with Gasteiger partial charge >= 0.3 is 0 Å². The van der Waals surface area contributed by atoms with E-state index in [0.29, 0.717) is 4.88 Å². The quantitative estimate of drug-likeness (QED) is 0.884. The van der Waals surface area contributed by atoms with Crippen LogP contribution in [0.2, 0.25) is 0 Å². The second-order valence-corrected chi connectivity index (χ2v) is 5.94. The molecule has 1 aromatic carbocycles. The summed E-state index contributed by atoms with van der Waals surface area (Å²) in [7, 11) is 0. The lowest BCUT2D eigenvalue weighted by atomic mass is 10.1. The van der Waals surface area contributed by atoms with Gasteiger partial charge in [-0.2, -0.15) is 0 Å². The summed E-state index contributed by atoms with van der Waals surface area (Å²) in [6.07, 6.45) is 3.82. The zero-order chi connectivity index (χ0) is 13.8. The number of carbonyl (C=O) groups is 1. The number of aromatic nitrogens is 1. The highest BCUT2D eigenvalue weighted by molar-refractivity contribution is 7.16. The zero-order valence-corrected chi connectivity index (χ0v) is 14.4. The van der Waals surface area contributed by atoms with E-state index in [1.54, 1.807) is 6.20 Å². The van der Waals surface area contributed by atoms with Crippen molar-refractivity contribution in [3.05, 3.63) is 41.4 Å². The van der Waals surface area contributed by atoms with Crippen LogP contribution in [0.5, 0.6) is 0 Å². The summed E-state index contributed by atoms with van der Waals surface area (Å²) in [6, 6.07) is 10.2. The molecule has 2 N–H and O–H groups in total. The van der Waals surface area contributed by atoms with E-state index in [4.69, 9.17) is 0 Å². The Morgan fingerprint density at radius 2 is 2.05 bits per heavy atom. The van der Waals surface area contributed by atoms with Gasteiger partial charge in [0.2, 0.25) is 0 Å². The van der Waals surface area contributed by atoms with Crippen LogP contribution < -0.4 is 10.6 Å². The molecule has 2 aromatic rings. The maximum Gasteiger partial charge on any atom is 0.263 e. The Hall–Kier alpha value is -1.14. The van der Waals surface area contributed by atoms with Crippen molar-refractivity contribution in [2.45, 2.75) is 18.9 Å². The third-order valence-corrected chi connectivity index (χ3v) is 4.43. The SMILES string of the molecule is Cl.Cl.O=C(NC1CCCNC1)c1cnc(-c2ccccc2)s1. The van der Waals surface area contributed by atoms with Gasteiger partial charge in [0.05, 0.1) is 6.20 Å². The van der Waals surface area contributed by atoms with Crippen LogP contribution in [-0.2, 0) is 0 Å². The maximum atomic E-state index is 12.2. The first kappa shape index (κ1) is 18.9. The molecule has 0 radical (unpaired) electrons. The van der Waals surface area contributed by atoms with Gasteiger partial charge in [-0.25, -0.2) is 4.98 Å². The van der Waals surface area contributed by atoms with Crippen molar-refractivity contribution in [3.8, 4) is 10.6 Å². The fourth-order valence-electron chi connectivity index (χ4n) is 2.32. The molecule has 120 valence electrons. The monoisotopic (exact) mass is 359 g/mol. The van der Waals surface area contributed by atoms with E-state index >= 15 is 0 Å². The molecule has 1 unspecified atom stereocenters. The highest BCUT2D eigenvalue weighted by Crippen LogP contribution is 2.24. The van der Waals surface area contributed by atoms with Gasteiger partial charge in [-0.3, -0.25) is 4.79 Å². The summed E-state index contributed by atoms with van der Waals surface area (Å²) in [5, 5.41) is 7.25. The van der Waals surface area contributed by atoms with Crippen molar-refractivity contribution in [3.63, 3.8) is 0 Å². The van der Waals surface area contributed by atoms with Crippen LogP contribution in [0.3, 0.4) is 0 Å². The van der Waals surface area contributed by atoms with Crippen molar-refractivity contribution in [1.29, 1.82) is 0 Å². The molecule has 22 heavy (non-hydrogen) atoms. The molecule has 0 saturated carbocycles. The zero-order valence-electron chi connectivity index (χ0n) is 12.0. The van der Waals surface area contributed by atoms with Crippen LogP contribution in [0, 0.1) is 0 Å². The average Bonchev–Trinajstić information content (AvgIpc) is 2.99. The number of carbonyl (C=O) groups excluding carboxylic acids is 1. The Morgan fingerprint density at radius 1 is 1.27 bits per heavy atom. The van der Waals surface area contributed by atoms with E-state index in [1.807, 2.05) is 30.3 Å². The molecule has 1 aliphatic heterocycles. The lowest BCUT2D eigenvalue weighted by Gasteiger charge is -2.23. The van der Waals surface area contributed by atoms with Gasteiger partial charge < -0.3 is 10.6 Å². The predicted octanol–water partition coefficient (Wildman–Crippen LogP) is 3.14. The fraction of sp³-hybridized carbons (Fsp3) is 0.333. The number of thiazole rings is 1. The van der Waals surface area contributed by atoms with Crippen LogP contribution in [0.15, 0.2) is 36.5 Å². The van der Waals surface area contributed by atoms with Crippen LogP contribution in [0.25, 0.3) is 10.6 Å². The van der Waals surface area contributed by atoms with E-state index in [1.165, 1.54) is 11.3 Å². The van der Waals surface area contributed by atoms with Gasteiger partial charge in [-0.05, 0) is 19.4 Å². The van der Waals surface area contributed by atoms with E-state index in [2.05, 4.69) is 15.6 Å². The van der Waals surface area contributed by atoms with Crippen LogP contribution in [0.4, 0.5) is 0 Å². The largest absolute Gasteiger partial charge is 0.347 e. The number of nitrogens with zero attached hydrogens (tertiary/aromatic N) is 1. The molecule has 1 amide bonds. The summed E-state index contributed by atoms with van der Waals surface area (Å²) in [4.78, 5) is 17.2. The van der Waals surface area contributed by atoms with Crippen molar-refractivity contribution in [2.75, 3.05) is 13.1 Å². The Morgan fingerprint density at radius 3 is 2.73 bits per heavy atom. The molecule has 3 rings (SSSR count). The number of rotatable bonds is 3. The molecule has 1 atom stereocenters. The highest BCUT2D eigenvalue weighted by atomic mass is 35.5. The Kier molecular flexibility index (Phi) is 7.82. The minimum atomic E-state index is -0.0154. The number of benzene rings is 1. The molecule has 0 aliphatic carbocycles. The molecule has 1 fully saturated rings. The predicted molar refractivity (Wildman–Crippen MR) is 95.4 cm³/mol. The molecule has 0 bridgehead atoms. The summed E-state index contributed by atoms with van der Waals surface area (Å²) in [6.45, 7) is 1.90. The summed E-state index contributed by atoms with van der Waals surface area (Å²) >= 11 is 1.44. The third kappa shape index (κ3) is 4.68. The summed E-state index contributed by atoms with van der Waals surface area (Å²) in [5.74, 6) is -0.0154. The van der Waals surface area contributed by atoms with Crippen molar-refractivity contribution in [2.24, 2.45) is 0 Å². The van der Waals surface area contributed by atoms with Gasteiger partial charge in [0, 0.05) is 18.2 Å². The van der Waals surface area contributed by atoms with Gasteiger partial charge in [-0.1, -0.05) is 30.3 Å². The first-order valence-electron chi connectivity index (χ1n) is 6.86. The minimum absolute atomic E-state index is 0. The molecule has 4 nitrogen and oxygen atoms in total. The molecule has 1 saturated heterocycles. The molecule has 7 heteroatoms. The second-order valence-electron chi connectivity index (χ2n) is 4.91. The van der Waals surface area contributed by atoms with E-state index in [-0.39, 0.29) is 36.8 Å². The van der Waals surface area contributed by atoms with Crippen molar-refractivity contribution >= 4 is 42.1 Å². The summed E-state index contributed by atoms with van der Waals surface area (Å²) < 4.78 is 0. The molecule has 1 aromatic heterocycles. The number of hydrogen-bond donors (Lipinski definition) is 2.